The highest BCUT2D eigenvalue weighted by Crippen LogP contribution is 2.39. The van der Waals surface area contributed by atoms with Crippen LogP contribution in [0.25, 0.3) is 0 Å². The molecule has 5 aliphatic heterocycles. The third-order valence-electron chi connectivity index (χ3n) is 20.3. The molecule has 5 saturated heterocycles. The summed E-state index contributed by atoms with van der Waals surface area (Å²) in [7, 11) is 1.76. The number of nitrogens with zero attached hydrogens (tertiary/aromatic N) is 4. The van der Waals surface area contributed by atoms with Gasteiger partial charge in [-0.2, -0.15) is 0 Å². The number of hydrogen-bond donors (Lipinski definition) is 17. The molecule has 16 amide bonds. The van der Waals surface area contributed by atoms with Gasteiger partial charge in [-0.1, -0.05) is 103 Å². The first kappa shape index (κ1) is 91.0. The number of hydrogen-bond acceptors (Lipinski definition) is 21. The number of fused-ring (bicyclic) bond motifs is 8. The Kier molecular flexibility index (Phi) is 35.5. The van der Waals surface area contributed by atoms with E-state index in [1.807, 2.05) is 0 Å². The average molecular weight is 1580 g/mol. The second-order valence-electron chi connectivity index (χ2n) is 30.4. The smallest absolute Gasteiger partial charge is 0.246 e. The number of nitrogens with one attached hydrogen (secondary N) is 12. The maximum atomic E-state index is 15.7. The van der Waals surface area contributed by atoms with Crippen LogP contribution in [-0.2, 0) is 76.7 Å². The number of aliphatic imine (C=N–C) groups is 1. The van der Waals surface area contributed by atoms with Gasteiger partial charge in [-0.25, -0.2) is 0 Å². The van der Waals surface area contributed by atoms with Gasteiger partial charge in [-0.3, -0.25) is 81.7 Å². The summed E-state index contributed by atoms with van der Waals surface area (Å²) in [4.78, 5) is 239. The van der Waals surface area contributed by atoms with Crippen molar-refractivity contribution in [3.8, 4) is 0 Å². The van der Waals surface area contributed by atoms with Crippen LogP contribution in [0.15, 0.2) is 4.99 Å². The fourth-order valence-electron chi connectivity index (χ4n) is 13.3. The molecule has 0 radical (unpaired) electrons. The van der Waals surface area contributed by atoms with Gasteiger partial charge in [-0.05, 0) is 101 Å². The standard InChI is InChI=1S/C70H117N19O18S2/c1-12-36(4)51-62(102)82-44-35-108-109-70(10,11)54(64(104)85-53(38(6)14-3)67(107)88-28-18-21-45(88)60(100)78-40(55(71)95)30-49(93)74-25-16-24-48(92)76-32-50(94)83-51)86-63(103)52(37(5)13-2)84-61(101)46-22-17-27-87(46)66(106)47-23-19-29-89(47)65(105)41(31-69(7,8)9)79-58(98)43(34-91)80-56(96)39(20-15-26-75-68(72)73)77-57(97)42(33-90)81-59(44)99/h36-47,51-54,90-91H,12-35H2,1-11H3,(H2,71,95)(H,74,93)(H,76,92)(H,77,97)(H,78,100)(H,79,98)(H,80,96)(H,81,99)(H,82,102)(H,83,94)(H,84,101)(H,85,104)(H,86,103)(H4,72,73,75)/t36-,37-,38-,39-,40-,41-,42-,43-,44-,45-,46-,47-,51-,52-,53-,54+/m0/s1. The van der Waals surface area contributed by atoms with E-state index >= 15 is 24.0 Å². The Balaban J connectivity index is 1.72. The zero-order valence-electron chi connectivity index (χ0n) is 64.5. The van der Waals surface area contributed by atoms with Crippen LogP contribution in [-0.4, -0.2) is 267 Å². The van der Waals surface area contributed by atoms with E-state index in [2.05, 4.69) is 68.8 Å². The highest BCUT2D eigenvalue weighted by Gasteiger charge is 2.49. The molecular weight excluding hydrogens is 1460 g/mol. The third kappa shape index (κ3) is 26.6. The molecule has 16 atom stereocenters. The predicted octanol–water partition coefficient (Wildman–Crippen LogP) is -4.50. The Morgan fingerprint density at radius 1 is 0.532 bits per heavy atom. The zero-order valence-corrected chi connectivity index (χ0v) is 66.1. The van der Waals surface area contributed by atoms with Crippen molar-refractivity contribution in [2.24, 2.45) is 45.4 Å². The first-order valence-corrected chi connectivity index (χ1v) is 40.0. The van der Waals surface area contributed by atoms with Crippen molar-refractivity contribution in [2.45, 2.75) is 256 Å². The van der Waals surface area contributed by atoms with Gasteiger partial charge in [0.25, 0.3) is 0 Å². The molecule has 0 aromatic carbocycles. The van der Waals surface area contributed by atoms with E-state index in [0.29, 0.717) is 12.8 Å². The van der Waals surface area contributed by atoms with Crippen LogP contribution in [0.4, 0.5) is 0 Å². The second kappa shape index (κ2) is 42.6. The second-order valence-corrected chi connectivity index (χ2v) is 33.4. The molecule has 612 valence electrons. The van der Waals surface area contributed by atoms with Crippen LogP contribution in [0.1, 0.15) is 172 Å². The minimum Gasteiger partial charge on any atom is -0.394 e. The summed E-state index contributed by atoms with van der Waals surface area (Å²) in [5.74, 6) is -16.9. The summed E-state index contributed by atoms with van der Waals surface area (Å²) in [6.45, 7) is 15.8. The van der Waals surface area contributed by atoms with Crippen LogP contribution in [0.2, 0.25) is 0 Å². The summed E-state index contributed by atoms with van der Waals surface area (Å²) in [5, 5.41) is 53.0. The lowest BCUT2D eigenvalue weighted by atomic mass is 9.87. The zero-order chi connectivity index (χ0) is 81.4. The van der Waals surface area contributed by atoms with Gasteiger partial charge in [0.05, 0.1) is 26.2 Å². The highest BCUT2D eigenvalue weighted by atomic mass is 33.1. The Labute approximate surface area is 644 Å². The minimum absolute atomic E-state index is 0.00466. The van der Waals surface area contributed by atoms with Crippen LogP contribution in [0, 0.1) is 23.2 Å². The molecule has 0 aliphatic carbocycles. The highest BCUT2D eigenvalue weighted by molar-refractivity contribution is 8.77. The van der Waals surface area contributed by atoms with Crippen LogP contribution in [0.3, 0.4) is 0 Å². The van der Waals surface area contributed by atoms with Crippen LogP contribution >= 0.6 is 21.6 Å². The van der Waals surface area contributed by atoms with E-state index < -0.39 is 233 Å². The van der Waals surface area contributed by atoms with E-state index in [-0.39, 0.29) is 116 Å². The predicted molar refractivity (Wildman–Crippen MR) is 403 cm³/mol. The molecule has 37 nitrogen and oxygen atoms in total. The van der Waals surface area contributed by atoms with Crippen molar-refractivity contribution in [3.63, 3.8) is 0 Å². The molecule has 39 heteroatoms. The summed E-state index contributed by atoms with van der Waals surface area (Å²) in [5.41, 5.74) is 16.2. The van der Waals surface area contributed by atoms with Gasteiger partial charge in [0.15, 0.2) is 5.96 Å². The number of rotatable bonds is 14. The molecular formula is C70H117N19O18S2. The van der Waals surface area contributed by atoms with Crippen molar-refractivity contribution in [2.75, 3.05) is 58.2 Å². The Bertz CT molecular complexity index is 3320. The van der Waals surface area contributed by atoms with Gasteiger partial charge >= 0.3 is 0 Å². The molecule has 5 fully saturated rings. The number of aliphatic hydroxyl groups is 2. The van der Waals surface area contributed by atoms with Crippen molar-refractivity contribution >= 4 is 122 Å². The number of nitrogens with two attached hydrogens (primary N) is 3. The van der Waals surface area contributed by atoms with E-state index in [4.69, 9.17) is 17.2 Å². The monoisotopic (exact) mass is 1580 g/mol. The molecule has 5 heterocycles. The third-order valence-corrected chi connectivity index (χ3v) is 23.6. The summed E-state index contributed by atoms with van der Waals surface area (Å²) in [6, 6.07) is -19.5. The van der Waals surface area contributed by atoms with Gasteiger partial charge < -0.3 is 106 Å². The molecule has 0 unspecified atom stereocenters. The first-order chi connectivity index (χ1) is 51.3. The first-order valence-electron chi connectivity index (χ1n) is 37.7. The maximum Gasteiger partial charge on any atom is 0.246 e. The number of aliphatic hydroxyl groups excluding tert-OH is 2. The molecule has 0 saturated carbocycles. The molecule has 109 heavy (non-hydrogen) atoms. The Hall–Kier alpha value is -8.59. The summed E-state index contributed by atoms with van der Waals surface area (Å²) in [6.07, 6.45) is 1.04. The van der Waals surface area contributed by atoms with Gasteiger partial charge in [0, 0.05) is 49.6 Å². The number of guanidine groups is 1. The largest absolute Gasteiger partial charge is 0.394 e. The number of primary amides is 1. The lowest BCUT2D eigenvalue weighted by molar-refractivity contribution is -0.148. The number of amides is 16. The summed E-state index contributed by atoms with van der Waals surface area (Å²) < 4.78 is -1.58. The van der Waals surface area contributed by atoms with Crippen molar-refractivity contribution < 1.29 is 86.9 Å². The molecule has 0 spiro atoms. The fourth-order valence-corrected chi connectivity index (χ4v) is 16.2. The topological polar surface area (TPSA) is 558 Å². The molecule has 0 aromatic rings. The van der Waals surface area contributed by atoms with E-state index in [9.17, 15) is 63.0 Å². The maximum absolute atomic E-state index is 15.7. The Morgan fingerprint density at radius 3 is 1.57 bits per heavy atom. The van der Waals surface area contributed by atoms with Gasteiger partial charge in [0.2, 0.25) is 94.5 Å². The van der Waals surface area contributed by atoms with Gasteiger partial charge in [-0.15, -0.1) is 0 Å². The lowest BCUT2D eigenvalue weighted by Crippen LogP contribution is -2.64. The lowest BCUT2D eigenvalue weighted by Gasteiger charge is -2.37. The number of carbonyl (C=O) groups excluding carboxylic acids is 16. The SMILES string of the molecule is CC[C@H](C)[C@@H]1NC(=O)CNC(=O)CCCNC(=O)C[C@@H](C(N)=O)NC(=O)[C@@H]2CCCN2C(=O)[C@H]([C@@H](C)CC)NC(=O)[C@H]2NC(=O)[C@H]([C@@H](C)CC)NC(=O)[C@@H]3CCCN3C(=O)[C@@H]3CCCN3C(=O)[C@H](CC(C)(C)C)NC(=O)[C@H](CO)NC(=O)[C@H](CCCN=C(N)N)NC(=O)[C@H](CO)NC(=O)[C@H](CSSC2(C)C)NC1=O. The number of carbonyl (C=O) groups is 16. The normalized spacial score (nSPS) is 29.2. The van der Waals surface area contributed by atoms with Crippen LogP contribution in [0.5, 0.6) is 0 Å². The summed E-state index contributed by atoms with van der Waals surface area (Å²) >= 11 is 0. The molecule has 5 rings (SSSR count). The average Bonchev–Trinajstić information content (AvgIpc) is 1.73. The van der Waals surface area contributed by atoms with Crippen molar-refractivity contribution in [1.29, 1.82) is 0 Å². The van der Waals surface area contributed by atoms with Crippen molar-refractivity contribution in [1.82, 2.24) is 78.5 Å². The van der Waals surface area contributed by atoms with Gasteiger partial charge in [0.1, 0.15) is 78.5 Å². The van der Waals surface area contributed by atoms with Crippen molar-refractivity contribution in [3.05, 3.63) is 0 Å². The molecule has 20 N–H and O–H groups in total. The minimum atomic E-state index is -1.93. The van der Waals surface area contributed by atoms with E-state index in [1.165, 1.54) is 14.7 Å². The quantitative estimate of drug-likeness (QED) is 0.0337. The molecule has 2 bridgehead atoms. The van der Waals surface area contributed by atoms with Crippen LogP contribution < -0.4 is 81.0 Å². The fraction of sp³-hybridized carbons (Fsp3) is 0.757. The molecule has 5 aliphatic rings. The Morgan fingerprint density at radius 2 is 1.02 bits per heavy atom. The molecule has 0 aromatic heterocycles. The van der Waals surface area contributed by atoms with E-state index in [0.717, 1.165) is 21.6 Å². The van der Waals surface area contributed by atoms with E-state index in [1.54, 1.807) is 76.2 Å².